The van der Waals surface area contributed by atoms with Crippen LogP contribution < -0.4 is 11.1 Å². The van der Waals surface area contributed by atoms with Crippen molar-refractivity contribution in [2.24, 2.45) is 5.92 Å². The quantitative estimate of drug-likeness (QED) is 0.460. The number of rotatable bonds is 8. The summed E-state index contributed by atoms with van der Waals surface area (Å²) in [6.07, 6.45) is 0.693. The Morgan fingerprint density at radius 3 is 2.45 bits per heavy atom. The first kappa shape index (κ1) is 21.4. The predicted octanol–water partition coefficient (Wildman–Crippen LogP) is 3.02. The van der Waals surface area contributed by atoms with Gasteiger partial charge in [-0.3, -0.25) is 0 Å². The molecule has 8 nitrogen and oxygen atoms in total. The van der Waals surface area contributed by atoms with Gasteiger partial charge >= 0.3 is 0 Å². The largest absolute Gasteiger partial charge is 0.394 e. The summed E-state index contributed by atoms with van der Waals surface area (Å²) in [5, 5.41) is 12.0. The highest BCUT2D eigenvalue weighted by atomic mass is 32.2. The zero-order chi connectivity index (χ0) is 21.2. The van der Waals surface area contributed by atoms with Gasteiger partial charge in [0.2, 0.25) is 9.84 Å². The fraction of sp³-hybridized carbons (Fsp3) is 0.421. The van der Waals surface area contributed by atoms with Gasteiger partial charge in [-0.15, -0.1) is 0 Å². The predicted molar refractivity (Wildman–Crippen MR) is 116 cm³/mol. The van der Waals surface area contributed by atoms with Gasteiger partial charge in [-0.05, 0) is 24.8 Å². The molecule has 1 aromatic carbocycles. The van der Waals surface area contributed by atoms with E-state index < -0.39 is 15.1 Å². The first-order chi connectivity index (χ1) is 13.7. The molecule has 2 heterocycles. The van der Waals surface area contributed by atoms with Crippen LogP contribution in [0.1, 0.15) is 38.0 Å². The molecule has 156 valence electrons. The maximum Gasteiger partial charge on any atom is 0.251 e. The van der Waals surface area contributed by atoms with Crippen molar-refractivity contribution in [1.29, 1.82) is 0 Å². The number of hydrogen-bond acceptors (Lipinski definition) is 9. The Hall–Kier alpha value is -2.30. The molecule has 3 aromatic rings. The molecule has 2 unspecified atom stereocenters. The van der Waals surface area contributed by atoms with Crippen molar-refractivity contribution in [3.63, 3.8) is 0 Å². The molecule has 0 saturated heterocycles. The summed E-state index contributed by atoms with van der Waals surface area (Å²) >= 11 is 1.18. The van der Waals surface area contributed by atoms with Crippen molar-refractivity contribution in [3.8, 4) is 0 Å². The highest BCUT2D eigenvalue weighted by molar-refractivity contribution is 7.91. The molecule has 2 aromatic heterocycles. The Labute approximate surface area is 174 Å². The molecule has 0 amide bonds. The molecule has 0 aliphatic carbocycles. The molecule has 0 aliphatic heterocycles. The second-order valence-electron chi connectivity index (χ2n) is 7.31. The lowest BCUT2D eigenvalue weighted by Crippen LogP contribution is -2.26. The fourth-order valence-corrected chi connectivity index (χ4v) is 5.04. The van der Waals surface area contributed by atoms with Crippen LogP contribution in [0.4, 0.5) is 10.9 Å². The topological polar surface area (TPSA) is 131 Å². The average molecular weight is 436 g/mol. The number of nitrogens with zero attached hydrogens (tertiary/aromatic N) is 3. The van der Waals surface area contributed by atoms with Crippen LogP contribution in [0.15, 0.2) is 35.5 Å². The van der Waals surface area contributed by atoms with Gasteiger partial charge in [-0.2, -0.15) is 9.97 Å². The minimum absolute atomic E-state index is 0.111. The molecule has 0 aliphatic rings. The maximum atomic E-state index is 13.2. The van der Waals surface area contributed by atoms with Crippen LogP contribution in [0.5, 0.6) is 0 Å². The van der Waals surface area contributed by atoms with E-state index in [1.54, 1.807) is 31.2 Å². The number of nitrogens with one attached hydrogen (secondary N) is 1. The number of aliphatic hydroxyl groups excluding tert-OH is 1. The minimum Gasteiger partial charge on any atom is -0.394 e. The van der Waals surface area contributed by atoms with Gasteiger partial charge in [-0.1, -0.05) is 55.5 Å². The molecule has 29 heavy (non-hydrogen) atoms. The zero-order valence-corrected chi connectivity index (χ0v) is 18.2. The normalized spacial score (nSPS) is 14.2. The third kappa shape index (κ3) is 4.65. The molecule has 3 rings (SSSR count). The SMILES string of the molecule is CC(C)CC(CO)Nc1nc(S(=O)(=O)C(C)c2ccccc2)nc2nc(N)sc12. The van der Waals surface area contributed by atoms with Crippen LogP contribution in [0.2, 0.25) is 0 Å². The van der Waals surface area contributed by atoms with E-state index in [-0.39, 0.29) is 28.6 Å². The summed E-state index contributed by atoms with van der Waals surface area (Å²) in [4.78, 5) is 12.7. The number of benzene rings is 1. The van der Waals surface area contributed by atoms with Crippen molar-refractivity contribution in [3.05, 3.63) is 35.9 Å². The molecule has 0 spiro atoms. The lowest BCUT2D eigenvalue weighted by atomic mass is 10.0. The van der Waals surface area contributed by atoms with Crippen molar-refractivity contribution >= 4 is 42.5 Å². The highest BCUT2D eigenvalue weighted by Gasteiger charge is 2.30. The number of nitrogens with two attached hydrogens (primary N) is 1. The number of hydrogen-bond donors (Lipinski definition) is 3. The molecule has 0 radical (unpaired) electrons. The lowest BCUT2D eigenvalue weighted by Gasteiger charge is -2.19. The summed E-state index contributed by atoms with van der Waals surface area (Å²) in [6.45, 7) is 5.58. The summed E-state index contributed by atoms with van der Waals surface area (Å²) < 4.78 is 27.0. The molecule has 2 atom stereocenters. The first-order valence-electron chi connectivity index (χ1n) is 9.32. The van der Waals surface area contributed by atoms with E-state index in [9.17, 15) is 13.5 Å². The van der Waals surface area contributed by atoms with Crippen molar-refractivity contribution in [1.82, 2.24) is 15.0 Å². The molecular weight excluding hydrogens is 410 g/mol. The second kappa shape index (κ2) is 8.60. The van der Waals surface area contributed by atoms with Gasteiger partial charge in [0, 0.05) is 0 Å². The minimum atomic E-state index is -3.86. The van der Waals surface area contributed by atoms with E-state index in [1.807, 2.05) is 19.9 Å². The monoisotopic (exact) mass is 435 g/mol. The van der Waals surface area contributed by atoms with Crippen LogP contribution in [-0.4, -0.2) is 41.1 Å². The van der Waals surface area contributed by atoms with Crippen LogP contribution in [0.3, 0.4) is 0 Å². The van der Waals surface area contributed by atoms with Gasteiger partial charge in [0.1, 0.15) is 4.70 Å². The maximum absolute atomic E-state index is 13.2. The van der Waals surface area contributed by atoms with E-state index in [2.05, 4.69) is 20.3 Å². The van der Waals surface area contributed by atoms with Crippen LogP contribution >= 0.6 is 11.3 Å². The van der Waals surface area contributed by atoms with Gasteiger partial charge in [0.05, 0.1) is 17.9 Å². The Morgan fingerprint density at radius 1 is 1.14 bits per heavy atom. The smallest absolute Gasteiger partial charge is 0.251 e. The second-order valence-corrected chi connectivity index (χ2v) is 10.5. The lowest BCUT2D eigenvalue weighted by molar-refractivity contribution is 0.259. The third-order valence-electron chi connectivity index (χ3n) is 4.56. The number of aromatic nitrogens is 3. The third-order valence-corrected chi connectivity index (χ3v) is 7.33. The number of nitrogen functional groups attached to an aromatic ring is 1. The van der Waals surface area contributed by atoms with Gasteiger partial charge < -0.3 is 16.2 Å². The molecular formula is C19H25N5O3S2. The number of thiazole rings is 1. The van der Waals surface area contributed by atoms with Gasteiger partial charge in [-0.25, -0.2) is 13.4 Å². The Morgan fingerprint density at radius 2 is 1.83 bits per heavy atom. The van der Waals surface area contributed by atoms with Crippen molar-refractivity contribution < 1.29 is 13.5 Å². The standard InChI is InChI=1S/C19H25N5O3S2/c1-11(2)9-14(10-25)21-16-15-17(22-18(20)28-15)24-19(23-16)29(26,27)12(3)13-7-5-4-6-8-13/h4-8,11-12,14,25H,9-10H2,1-3H3,(H3,20,21,22,23,24). The number of anilines is 2. The summed E-state index contributed by atoms with van der Waals surface area (Å²) in [6, 6.07) is 8.64. The molecule has 0 fully saturated rings. The zero-order valence-electron chi connectivity index (χ0n) is 16.5. The van der Waals surface area contributed by atoms with E-state index in [1.165, 1.54) is 11.3 Å². The first-order valence-corrected chi connectivity index (χ1v) is 11.7. The summed E-state index contributed by atoms with van der Waals surface area (Å²) in [5.41, 5.74) is 6.70. The molecule has 0 bridgehead atoms. The van der Waals surface area contributed by atoms with Gasteiger partial charge in [0.15, 0.2) is 16.6 Å². The fourth-order valence-electron chi connectivity index (χ4n) is 3.05. The van der Waals surface area contributed by atoms with E-state index in [0.29, 0.717) is 28.4 Å². The van der Waals surface area contributed by atoms with Crippen molar-refractivity contribution in [2.45, 2.75) is 43.6 Å². The van der Waals surface area contributed by atoms with Crippen LogP contribution in [0, 0.1) is 5.92 Å². The number of fused-ring (bicyclic) bond motifs is 1. The Balaban J connectivity index is 2.07. The number of sulfone groups is 1. The Bertz CT molecular complexity index is 1080. The summed E-state index contributed by atoms with van der Waals surface area (Å²) in [5.74, 6) is 0.660. The Kier molecular flexibility index (Phi) is 6.35. The highest BCUT2D eigenvalue weighted by Crippen LogP contribution is 2.33. The van der Waals surface area contributed by atoms with Crippen molar-refractivity contribution in [2.75, 3.05) is 17.7 Å². The van der Waals surface area contributed by atoms with E-state index >= 15 is 0 Å². The molecule has 10 heteroatoms. The van der Waals surface area contributed by atoms with E-state index in [0.717, 1.165) is 0 Å². The molecule has 0 saturated carbocycles. The van der Waals surface area contributed by atoms with Crippen LogP contribution in [0.25, 0.3) is 10.3 Å². The summed E-state index contributed by atoms with van der Waals surface area (Å²) in [7, 11) is -3.86. The number of aliphatic hydroxyl groups is 1. The van der Waals surface area contributed by atoms with E-state index in [4.69, 9.17) is 5.73 Å². The molecule has 4 N–H and O–H groups in total. The van der Waals surface area contributed by atoms with Crippen LogP contribution in [-0.2, 0) is 9.84 Å². The van der Waals surface area contributed by atoms with Gasteiger partial charge in [0.25, 0.3) is 5.16 Å². The average Bonchev–Trinajstić information content (AvgIpc) is 3.07.